The van der Waals surface area contributed by atoms with Crippen molar-refractivity contribution in [3.8, 4) is 11.5 Å². The Kier molecular flexibility index (Phi) is 4.88. The van der Waals surface area contributed by atoms with Gasteiger partial charge in [0.2, 0.25) is 0 Å². The van der Waals surface area contributed by atoms with E-state index in [0.29, 0.717) is 5.56 Å². The van der Waals surface area contributed by atoms with E-state index >= 15 is 0 Å². The molecule has 1 unspecified atom stereocenters. The van der Waals surface area contributed by atoms with Gasteiger partial charge in [0, 0.05) is 5.41 Å². The number of hydrogen-bond acceptors (Lipinski definition) is 3. The standard InChI is InChI=1S/C20H24O4/c1-5-12(2)15-10-13(6-9-18(15)22)20(3,4)17-8-7-14(21)11-16(17)19(23)24/h6-12,21-22H,5H2,1-4H3,(H,23,24). The Morgan fingerprint density at radius 1 is 1.12 bits per heavy atom. The monoisotopic (exact) mass is 328 g/mol. The first-order valence-corrected chi connectivity index (χ1v) is 8.08. The van der Waals surface area contributed by atoms with Gasteiger partial charge >= 0.3 is 5.97 Å². The number of aromatic hydroxyl groups is 2. The van der Waals surface area contributed by atoms with Gasteiger partial charge in [-0.3, -0.25) is 0 Å². The molecule has 2 aromatic rings. The molecule has 128 valence electrons. The molecule has 0 amide bonds. The number of phenols is 2. The summed E-state index contributed by atoms with van der Waals surface area (Å²) in [7, 11) is 0. The van der Waals surface area contributed by atoms with Crippen LogP contribution in [0.25, 0.3) is 0 Å². The summed E-state index contributed by atoms with van der Waals surface area (Å²) in [6, 6.07) is 9.85. The second-order valence-electron chi connectivity index (χ2n) is 6.74. The lowest BCUT2D eigenvalue weighted by molar-refractivity contribution is 0.0694. The van der Waals surface area contributed by atoms with Crippen LogP contribution in [0.15, 0.2) is 36.4 Å². The van der Waals surface area contributed by atoms with Gasteiger partial charge in [-0.25, -0.2) is 4.79 Å². The van der Waals surface area contributed by atoms with Crippen molar-refractivity contribution in [2.24, 2.45) is 0 Å². The van der Waals surface area contributed by atoms with E-state index in [2.05, 4.69) is 13.8 Å². The number of hydrogen-bond donors (Lipinski definition) is 3. The molecule has 3 N–H and O–H groups in total. The molecular formula is C20H24O4. The van der Waals surface area contributed by atoms with E-state index in [4.69, 9.17) is 0 Å². The van der Waals surface area contributed by atoms with Crippen LogP contribution >= 0.6 is 0 Å². The molecule has 0 fully saturated rings. The molecule has 0 aliphatic heterocycles. The van der Waals surface area contributed by atoms with Crippen LogP contribution in [0.2, 0.25) is 0 Å². The summed E-state index contributed by atoms with van der Waals surface area (Å²) in [5, 5.41) is 29.2. The zero-order chi connectivity index (χ0) is 18.1. The van der Waals surface area contributed by atoms with Gasteiger partial charge in [0.1, 0.15) is 11.5 Å². The molecule has 0 saturated heterocycles. The molecule has 4 nitrogen and oxygen atoms in total. The highest BCUT2D eigenvalue weighted by Crippen LogP contribution is 2.38. The molecule has 2 rings (SSSR count). The van der Waals surface area contributed by atoms with Crippen LogP contribution in [0.4, 0.5) is 0 Å². The summed E-state index contributed by atoms with van der Waals surface area (Å²) in [6.07, 6.45) is 0.900. The van der Waals surface area contributed by atoms with Crippen molar-refractivity contribution in [2.45, 2.75) is 45.4 Å². The minimum Gasteiger partial charge on any atom is -0.508 e. The SMILES string of the molecule is CCC(C)c1cc(C(C)(C)c2ccc(O)cc2C(=O)O)ccc1O. The van der Waals surface area contributed by atoms with E-state index in [1.54, 1.807) is 12.1 Å². The van der Waals surface area contributed by atoms with Crippen LogP contribution in [-0.2, 0) is 5.41 Å². The Hall–Kier alpha value is -2.49. The van der Waals surface area contributed by atoms with Gasteiger partial charge in [-0.1, -0.05) is 45.9 Å². The lowest BCUT2D eigenvalue weighted by Crippen LogP contribution is -2.22. The highest BCUT2D eigenvalue weighted by molar-refractivity contribution is 5.90. The van der Waals surface area contributed by atoms with Crippen LogP contribution < -0.4 is 0 Å². The summed E-state index contributed by atoms with van der Waals surface area (Å²) >= 11 is 0. The number of rotatable bonds is 5. The van der Waals surface area contributed by atoms with Crippen molar-refractivity contribution in [3.05, 3.63) is 58.7 Å². The van der Waals surface area contributed by atoms with Gasteiger partial charge < -0.3 is 15.3 Å². The molecule has 4 heteroatoms. The average Bonchev–Trinajstić information content (AvgIpc) is 2.53. The van der Waals surface area contributed by atoms with E-state index in [1.165, 1.54) is 12.1 Å². The van der Waals surface area contributed by atoms with Crippen molar-refractivity contribution in [2.75, 3.05) is 0 Å². The quantitative estimate of drug-likeness (QED) is 0.747. The molecule has 0 bridgehead atoms. The molecule has 0 spiro atoms. The molecule has 0 radical (unpaired) electrons. The largest absolute Gasteiger partial charge is 0.508 e. The minimum atomic E-state index is -1.07. The fourth-order valence-electron chi connectivity index (χ4n) is 2.97. The van der Waals surface area contributed by atoms with Crippen molar-refractivity contribution >= 4 is 5.97 Å². The topological polar surface area (TPSA) is 77.8 Å². The van der Waals surface area contributed by atoms with E-state index < -0.39 is 11.4 Å². The van der Waals surface area contributed by atoms with Crippen molar-refractivity contribution in [3.63, 3.8) is 0 Å². The molecule has 24 heavy (non-hydrogen) atoms. The summed E-state index contributed by atoms with van der Waals surface area (Å²) in [5.41, 5.74) is 1.89. The third-order valence-corrected chi connectivity index (χ3v) is 4.80. The predicted molar refractivity (Wildman–Crippen MR) is 94.0 cm³/mol. The van der Waals surface area contributed by atoms with Crippen LogP contribution in [0, 0.1) is 0 Å². The Bertz CT molecular complexity index is 762. The maximum absolute atomic E-state index is 11.6. The van der Waals surface area contributed by atoms with Crippen LogP contribution in [0.1, 0.15) is 67.1 Å². The zero-order valence-electron chi connectivity index (χ0n) is 14.5. The Morgan fingerprint density at radius 3 is 2.38 bits per heavy atom. The number of phenolic OH excluding ortho intramolecular Hbond substituents is 2. The van der Waals surface area contributed by atoms with Crippen molar-refractivity contribution < 1.29 is 20.1 Å². The van der Waals surface area contributed by atoms with Gasteiger partial charge in [0.15, 0.2) is 0 Å². The molecule has 0 aliphatic carbocycles. The van der Waals surface area contributed by atoms with Crippen LogP contribution in [0.3, 0.4) is 0 Å². The Morgan fingerprint density at radius 2 is 1.79 bits per heavy atom. The highest BCUT2D eigenvalue weighted by atomic mass is 16.4. The van der Waals surface area contributed by atoms with Gasteiger partial charge in [-0.2, -0.15) is 0 Å². The fourth-order valence-corrected chi connectivity index (χ4v) is 2.97. The first-order valence-electron chi connectivity index (χ1n) is 8.08. The van der Waals surface area contributed by atoms with Crippen molar-refractivity contribution in [1.82, 2.24) is 0 Å². The molecule has 0 saturated carbocycles. The van der Waals surface area contributed by atoms with Crippen LogP contribution in [0.5, 0.6) is 11.5 Å². The molecule has 1 atom stereocenters. The highest BCUT2D eigenvalue weighted by Gasteiger charge is 2.29. The second kappa shape index (κ2) is 6.56. The lowest BCUT2D eigenvalue weighted by Gasteiger charge is -2.29. The van der Waals surface area contributed by atoms with Gasteiger partial charge in [0.05, 0.1) is 5.56 Å². The van der Waals surface area contributed by atoms with E-state index in [-0.39, 0.29) is 23.0 Å². The normalized spacial score (nSPS) is 12.8. The summed E-state index contributed by atoms with van der Waals surface area (Å²) in [5.74, 6) is -0.680. The third kappa shape index (κ3) is 3.23. The first-order chi connectivity index (χ1) is 11.2. The summed E-state index contributed by atoms with van der Waals surface area (Å²) in [6.45, 7) is 8.00. The average molecular weight is 328 g/mol. The zero-order valence-corrected chi connectivity index (χ0v) is 14.5. The van der Waals surface area contributed by atoms with Crippen LogP contribution in [-0.4, -0.2) is 21.3 Å². The van der Waals surface area contributed by atoms with E-state index in [0.717, 1.165) is 17.5 Å². The Labute approximate surface area is 142 Å². The maximum atomic E-state index is 11.6. The van der Waals surface area contributed by atoms with E-state index in [1.807, 2.05) is 26.0 Å². The number of carbonyl (C=O) groups is 1. The van der Waals surface area contributed by atoms with Crippen molar-refractivity contribution in [1.29, 1.82) is 0 Å². The molecule has 0 heterocycles. The van der Waals surface area contributed by atoms with E-state index in [9.17, 15) is 20.1 Å². The third-order valence-electron chi connectivity index (χ3n) is 4.80. The number of aromatic carboxylic acids is 1. The number of carboxylic acids is 1. The molecule has 2 aromatic carbocycles. The first kappa shape index (κ1) is 17.9. The molecule has 0 aromatic heterocycles. The number of benzene rings is 2. The predicted octanol–water partition coefficient (Wildman–Crippen LogP) is 4.64. The smallest absolute Gasteiger partial charge is 0.336 e. The minimum absolute atomic E-state index is 0.0713. The fraction of sp³-hybridized carbons (Fsp3) is 0.350. The van der Waals surface area contributed by atoms with Gasteiger partial charge in [0.25, 0.3) is 0 Å². The molecule has 0 aliphatic rings. The summed E-state index contributed by atoms with van der Waals surface area (Å²) in [4.78, 5) is 11.6. The lowest BCUT2D eigenvalue weighted by atomic mass is 9.75. The molecular weight excluding hydrogens is 304 g/mol. The Balaban J connectivity index is 2.61. The van der Waals surface area contributed by atoms with Gasteiger partial charge in [-0.15, -0.1) is 0 Å². The maximum Gasteiger partial charge on any atom is 0.336 e. The second-order valence-corrected chi connectivity index (χ2v) is 6.74. The number of carboxylic acid groups (broad SMARTS) is 1. The summed E-state index contributed by atoms with van der Waals surface area (Å²) < 4.78 is 0. The van der Waals surface area contributed by atoms with Gasteiger partial charge in [-0.05, 0) is 47.2 Å².